The number of methoxy groups -OCH3 is 1. The number of aliphatic hydroxyl groups is 2. The summed E-state index contributed by atoms with van der Waals surface area (Å²) in [5.74, 6) is -3.32. The maximum absolute atomic E-state index is 13.9. The number of hydrogen-bond acceptors (Lipinski definition) is 12. The zero-order valence-electron chi connectivity index (χ0n) is 26.9. The topological polar surface area (TPSA) is 210 Å². The summed E-state index contributed by atoms with van der Waals surface area (Å²) >= 11 is 12.0. The lowest BCUT2D eigenvalue weighted by atomic mass is 9.71. The van der Waals surface area contributed by atoms with E-state index in [2.05, 4.69) is 10.5 Å². The number of phenolic OH excluding ortho intramolecular Hbond substituents is 2. The number of carbonyl (C=O) groups is 3. The molecule has 0 radical (unpaired) electrons. The number of carbonyl (C=O) groups excluding carboxylic acids is 3. The number of nitrogens with one attached hydrogen (secondary N) is 1. The second-order valence-corrected chi connectivity index (χ2v) is 13.2. The molecule has 0 bridgehead atoms. The lowest BCUT2D eigenvalue weighted by Crippen LogP contribution is -2.52. The number of aromatic hydroxyl groups is 2. The Bertz CT molecular complexity index is 1930. The molecule has 0 aromatic heterocycles. The molecule has 1 amide bonds. The molecule has 16 heteroatoms. The molecule has 1 saturated heterocycles. The Morgan fingerprint density at radius 2 is 1.78 bits per heavy atom. The van der Waals surface area contributed by atoms with Crippen molar-refractivity contribution in [3.8, 4) is 17.2 Å². The standard InChI is InChI=1S/C34H33Cl2N3O10.ClH/c1-13-28(40)20(37)10-23(48-13)49-22-12-34(46,14(2)38-39-33(45)15-7-8-18(35)19(36)9-15)11-17-25(22)32(44)27-26(30(17)42)29(41)16-5-4-6-21(47-3)24(16)31(27)43;/h4-9,13,20,22-23,28,40,42,44,46H,10-12,37H2,1-3H3,(H,39,45);1H/t13?,20?,22-,23?,28?,34-;/m0./s1. The third-order valence-corrected chi connectivity index (χ3v) is 10.1. The van der Waals surface area contributed by atoms with E-state index in [0.717, 1.165) is 0 Å². The lowest BCUT2D eigenvalue weighted by Gasteiger charge is -2.42. The van der Waals surface area contributed by atoms with Crippen LogP contribution in [0, 0.1) is 0 Å². The largest absolute Gasteiger partial charge is 0.507 e. The SMILES string of the molecule is COc1cccc2c1C(=O)c1c(O)c3c(c(O)c1C2=O)C[C@@](O)(C(C)=NNC(=O)c1ccc(Cl)c(Cl)c1)C[C@@H]3OC1CC(N)C(O)C(C)O1.Cl. The fourth-order valence-corrected chi connectivity index (χ4v) is 6.90. The fourth-order valence-electron chi connectivity index (χ4n) is 6.61. The molecule has 0 spiro atoms. The van der Waals surface area contributed by atoms with E-state index in [0.29, 0.717) is 0 Å². The molecule has 3 aromatic carbocycles. The van der Waals surface area contributed by atoms with Crippen molar-refractivity contribution in [1.82, 2.24) is 5.43 Å². The van der Waals surface area contributed by atoms with Gasteiger partial charge in [0.2, 0.25) is 5.78 Å². The number of ether oxygens (including phenoxy) is 3. The molecular formula is C34H34Cl3N3O10. The minimum absolute atomic E-state index is 0. The summed E-state index contributed by atoms with van der Waals surface area (Å²) < 4.78 is 17.5. The smallest absolute Gasteiger partial charge is 0.271 e. The van der Waals surface area contributed by atoms with E-state index in [1.807, 2.05) is 0 Å². The molecule has 266 valence electrons. The average molecular weight is 751 g/mol. The number of benzene rings is 3. The van der Waals surface area contributed by atoms with Crippen molar-refractivity contribution in [3.05, 3.63) is 85.4 Å². The molecule has 7 N–H and O–H groups in total. The number of amides is 1. The number of phenols is 2. The maximum atomic E-state index is 13.9. The quantitative estimate of drug-likeness (QED) is 0.0943. The van der Waals surface area contributed by atoms with Crippen LogP contribution in [0.15, 0.2) is 41.5 Å². The van der Waals surface area contributed by atoms with Crippen LogP contribution in [-0.4, -0.2) is 80.9 Å². The Morgan fingerprint density at radius 1 is 1.08 bits per heavy atom. The van der Waals surface area contributed by atoms with Crippen LogP contribution >= 0.6 is 35.6 Å². The summed E-state index contributed by atoms with van der Waals surface area (Å²) in [7, 11) is 1.33. The fraction of sp³-hybridized carbons (Fsp3) is 0.353. The number of fused-ring (bicyclic) bond motifs is 3. The highest BCUT2D eigenvalue weighted by molar-refractivity contribution is 6.42. The van der Waals surface area contributed by atoms with Crippen molar-refractivity contribution in [2.24, 2.45) is 10.8 Å². The van der Waals surface area contributed by atoms with Gasteiger partial charge < -0.3 is 40.4 Å². The van der Waals surface area contributed by atoms with E-state index in [-0.39, 0.29) is 74.6 Å². The van der Waals surface area contributed by atoms with Gasteiger partial charge in [-0.25, -0.2) is 5.43 Å². The molecule has 6 atom stereocenters. The molecular weight excluding hydrogens is 717 g/mol. The summed E-state index contributed by atoms with van der Waals surface area (Å²) in [5.41, 5.74) is 5.55. The molecule has 1 aliphatic heterocycles. The second-order valence-electron chi connectivity index (χ2n) is 12.3. The summed E-state index contributed by atoms with van der Waals surface area (Å²) in [4.78, 5) is 40.6. The Labute approximate surface area is 302 Å². The third-order valence-electron chi connectivity index (χ3n) is 9.32. The molecule has 50 heavy (non-hydrogen) atoms. The molecule has 1 heterocycles. The van der Waals surface area contributed by atoms with Crippen LogP contribution in [0.3, 0.4) is 0 Å². The van der Waals surface area contributed by atoms with Crippen molar-refractivity contribution in [1.29, 1.82) is 0 Å². The monoisotopic (exact) mass is 749 g/mol. The molecule has 3 aromatic rings. The van der Waals surface area contributed by atoms with Crippen LogP contribution < -0.4 is 15.9 Å². The van der Waals surface area contributed by atoms with Gasteiger partial charge in [-0.05, 0) is 38.1 Å². The molecule has 2 aliphatic carbocycles. The van der Waals surface area contributed by atoms with E-state index in [1.54, 1.807) is 6.92 Å². The van der Waals surface area contributed by atoms with E-state index in [1.165, 1.54) is 50.4 Å². The van der Waals surface area contributed by atoms with Crippen molar-refractivity contribution >= 4 is 58.8 Å². The number of halogens is 3. The zero-order valence-corrected chi connectivity index (χ0v) is 29.2. The van der Waals surface area contributed by atoms with Crippen LogP contribution in [0.2, 0.25) is 10.0 Å². The van der Waals surface area contributed by atoms with Gasteiger partial charge in [0.1, 0.15) is 22.8 Å². The first-order chi connectivity index (χ1) is 23.2. The van der Waals surface area contributed by atoms with E-state index >= 15 is 0 Å². The number of hydrazone groups is 1. The van der Waals surface area contributed by atoms with E-state index in [9.17, 15) is 34.8 Å². The summed E-state index contributed by atoms with van der Waals surface area (Å²) in [6.45, 7) is 3.04. The predicted molar refractivity (Wildman–Crippen MR) is 184 cm³/mol. The first kappa shape index (κ1) is 37.5. The second kappa shape index (κ2) is 14.1. The number of aliphatic hydroxyl groups excluding tert-OH is 1. The van der Waals surface area contributed by atoms with Crippen molar-refractivity contribution in [2.45, 2.75) is 69.4 Å². The molecule has 3 aliphatic rings. The Kier molecular flexibility index (Phi) is 10.6. The van der Waals surface area contributed by atoms with Gasteiger partial charge in [0, 0.05) is 47.6 Å². The highest BCUT2D eigenvalue weighted by Gasteiger charge is 2.49. The summed E-state index contributed by atoms with van der Waals surface area (Å²) in [6, 6.07) is 7.92. The number of rotatable bonds is 6. The number of hydrogen-bond donors (Lipinski definition) is 6. The van der Waals surface area contributed by atoms with Crippen LogP contribution in [0.5, 0.6) is 17.2 Å². The average Bonchev–Trinajstić information content (AvgIpc) is 3.06. The highest BCUT2D eigenvalue weighted by Crippen LogP contribution is 2.52. The van der Waals surface area contributed by atoms with Crippen LogP contribution in [0.25, 0.3) is 0 Å². The van der Waals surface area contributed by atoms with E-state index in [4.69, 9.17) is 43.1 Å². The van der Waals surface area contributed by atoms with Crippen LogP contribution in [0.4, 0.5) is 0 Å². The molecule has 1 fully saturated rings. The van der Waals surface area contributed by atoms with Gasteiger partial charge >= 0.3 is 0 Å². The van der Waals surface area contributed by atoms with Gasteiger partial charge in [0.15, 0.2) is 12.1 Å². The first-order valence-corrected chi connectivity index (χ1v) is 16.1. The zero-order chi connectivity index (χ0) is 35.5. The Hall–Kier alpha value is -3.79. The van der Waals surface area contributed by atoms with Gasteiger partial charge in [-0.15, -0.1) is 12.4 Å². The van der Waals surface area contributed by atoms with Gasteiger partial charge in [-0.3, -0.25) is 14.4 Å². The maximum Gasteiger partial charge on any atom is 0.271 e. The highest BCUT2D eigenvalue weighted by atomic mass is 35.5. The van der Waals surface area contributed by atoms with Crippen molar-refractivity contribution in [2.75, 3.05) is 7.11 Å². The Morgan fingerprint density at radius 3 is 2.44 bits per heavy atom. The number of ketones is 2. The van der Waals surface area contributed by atoms with Crippen LogP contribution in [0.1, 0.15) is 86.1 Å². The normalized spacial score (nSPS) is 25.9. The minimum Gasteiger partial charge on any atom is -0.507 e. The van der Waals surface area contributed by atoms with Gasteiger partial charge in [0.05, 0.1) is 57.9 Å². The van der Waals surface area contributed by atoms with Crippen molar-refractivity contribution < 1.29 is 49.0 Å². The van der Waals surface area contributed by atoms with Gasteiger partial charge in [-0.2, -0.15) is 5.10 Å². The van der Waals surface area contributed by atoms with Crippen molar-refractivity contribution in [3.63, 3.8) is 0 Å². The van der Waals surface area contributed by atoms with E-state index < -0.39 is 82.8 Å². The summed E-state index contributed by atoms with van der Waals surface area (Å²) in [5, 5.41) is 50.4. The molecule has 4 unspecified atom stereocenters. The first-order valence-electron chi connectivity index (χ1n) is 15.3. The van der Waals surface area contributed by atoms with Gasteiger partial charge in [-0.1, -0.05) is 35.3 Å². The number of nitrogens with zero attached hydrogens (tertiary/aromatic N) is 1. The predicted octanol–water partition coefficient (Wildman–Crippen LogP) is 3.97. The third kappa shape index (κ3) is 6.33. The summed E-state index contributed by atoms with van der Waals surface area (Å²) in [6.07, 6.45) is -4.71. The molecule has 0 saturated carbocycles. The Balaban J connectivity index is 0.00000486. The van der Waals surface area contributed by atoms with Gasteiger partial charge in [0.25, 0.3) is 5.91 Å². The number of nitrogens with two attached hydrogens (primary N) is 1. The molecule has 13 nitrogen and oxygen atoms in total. The van der Waals surface area contributed by atoms with Crippen LogP contribution in [-0.2, 0) is 15.9 Å². The molecule has 6 rings (SSSR count). The minimum atomic E-state index is -1.94. The lowest BCUT2D eigenvalue weighted by molar-refractivity contribution is -0.245.